The number of hydrogen-bond donors (Lipinski definition) is 0. The zero-order valence-corrected chi connectivity index (χ0v) is 68.2. The standard InChI is InChI=1S/5C24H16O/c1-3-9-17(10-4-1)19-13-7-15-21-23(19)24-20(14-8-16-22(24)25-21)18-11-5-2-6-12-18;1-3-9-17(10-4-1)20-15-22-19-13-7-8-14-23(19)25-24(22)16-21(20)18-11-5-2-6-12-18;1-3-9-17(10-4-1)19-15-16-20(18-11-5-2-6-12-18)24-23(19)21-13-7-8-14-22(21)25-24;1-3-9-17(10-4-1)19-15-16-22-24(20-13-7-8-14-21(20)25-22)23(19)18-11-5-2-6-12-18;1-3-7-17(8-4-1)19-11-13-21-22-14-12-20(18-9-5-2-6-10-18)16-24(22)25-23(21)15-19/h5*1-16H. The van der Waals surface area contributed by atoms with Crippen molar-refractivity contribution >= 4 is 110 Å². The number of fused-ring (bicyclic) bond motifs is 15. The van der Waals surface area contributed by atoms with Crippen LogP contribution >= 0.6 is 0 Å². The Kier molecular flexibility index (Phi) is 20.8. The Morgan fingerprint density at radius 3 is 0.848 bits per heavy atom. The maximum atomic E-state index is 6.30. The van der Waals surface area contributed by atoms with Crippen molar-refractivity contribution in [3.8, 4) is 111 Å². The Bertz CT molecular complexity index is 7780. The van der Waals surface area contributed by atoms with Crippen molar-refractivity contribution in [3.05, 3.63) is 485 Å². The summed E-state index contributed by atoms with van der Waals surface area (Å²) in [6.07, 6.45) is 0. The predicted molar refractivity (Wildman–Crippen MR) is 523 cm³/mol. The minimum Gasteiger partial charge on any atom is -0.456 e. The predicted octanol–water partition coefficient (Wildman–Crippen LogP) is 34.6. The molecule has 0 spiro atoms. The molecule has 5 heterocycles. The summed E-state index contributed by atoms with van der Waals surface area (Å²) in [7, 11) is 0. The SMILES string of the molecule is c1ccc(-c2cc3oc4ccccc4c3cc2-c2ccccc2)cc1.c1ccc(-c2ccc(-c3ccccc3)c3c2oc2ccccc23)cc1.c1ccc(-c2ccc3c(c2)oc2cc(-c4ccccc4)ccc23)cc1.c1ccc(-c2ccc3oc4ccccc4c3c2-c2ccccc2)cc1.c1ccc(-c2cccc3oc4cccc(-c5ccccc5)c4c23)cc1. The smallest absolute Gasteiger partial charge is 0.143 e. The van der Waals surface area contributed by atoms with Gasteiger partial charge in [0.25, 0.3) is 0 Å². The van der Waals surface area contributed by atoms with Gasteiger partial charge in [-0.1, -0.05) is 406 Å². The summed E-state index contributed by atoms with van der Waals surface area (Å²) in [5.74, 6) is 0. The molecule has 0 unspecified atom stereocenters. The number of rotatable bonds is 10. The third kappa shape index (κ3) is 15.2. The van der Waals surface area contributed by atoms with E-state index in [9.17, 15) is 0 Å². The van der Waals surface area contributed by atoms with Gasteiger partial charge in [-0.25, -0.2) is 0 Å². The van der Waals surface area contributed by atoms with Gasteiger partial charge in [0, 0.05) is 65.0 Å². The van der Waals surface area contributed by atoms with E-state index in [4.69, 9.17) is 22.1 Å². The highest BCUT2D eigenvalue weighted by Crippen LogP contribution is 2.47. The number of para-hydroxylation sites is 3. The van der Waals surface area contributed by atoms with E-state index < -0.39 is 0 Å². The minimum absolute atomic E-state index is 0.929. The number of hydrogen-bond acceptors (Lipinski definition) is 5. The maximum absolute atomic E-state index is 6.30. The van der Waals surface area contributed by atoms with E-state index in [1.807, 2.05) is 78.9 Å². The van der Waals surface area contributed by atoms with Gasteiger partial charge in [0.2, 0.25) is 0 Å². The molecule has 125 heavy (non-hydrogen) atoms. The fourth-order valence-electron chi connectivity index (χ4n) is 17.6. The lowest BCUT2D eigenvalue weighted by atomic mass is 9.91. The third-order valence-electron chi connectivity index (χ3n) is 23.5. The highest BCUT2D eigenvalue weighted by atomic mass is 16.3. The second-order valence-electron chi connectivity index (χ2n) is 31.1. The van der Waals surface area contributed by atoms with Crippen molar-refractivity contribution in [2.75, 3.05) is 0 Å². The first-order valence-corrected chi connectivity index (χ1v) is 42.3. The lowest BCUT2D eigenvalue weighted by Crippen LogP contribution is -1.86. The van der Waals surface area contributed by atoms with Crippen molar-refractivity contribution in [2.45, 2.75) is 0 Å². The third-order valence-corrected chi connectivity index (χ3v) is 23.5. The van der Waals surface area contributed by atoms with Crippen LogP contribution in [0.15, 0.2) is 507 Å². The Morgan fingerprint density at radius 1 is 0.112 bits per heavy atom. The highest BCUT2D eigenvalue weighted by Gasteiger charge is 2.22. The Labute approximate surface area is 723 Å². The van der Waals surface area contributed by atoms with Crippen LogP contribution in [-0.2, 0) is 0 Å². The largest absolute Gasteiger partial charge is 0.456 e. The molecule has 0 N–H and O–H groups in total. The Morgan fingerprint density at radius 2 is 0.392 bits per heavy atom. The summed E-state index contributed by atoms with van der Waals surface area (Å²) in [6, 6.07) is 168. The molecular formula is C120H80O5. The van der Waals surface area contributed by atoms with E-state index >= 15 is 0 Å². The molecule has 590 valence electrons. The van der Waals surface area contributed by atoms with E-state index in [1.54, 1.807) is 0 Å². The zero-order chi connectivity index (χ0) is 83.2. The summed E-state index contributed by atoms with van der Waals surface area (Å²) in [5.41, 5.74) is 33.4. The molecule has 20 aromatic carbocycles. The fraction of sp³-hybridized carbons (Fsp3) is 0. The average Bonchev–Trinajstić information content (AvgIpc) is 1.28. The van der Waals surface area contributed by atoms with E-state index in [0.29, 0.717) is 0 Å². The molecular weight excluding hydrogens is 1520 g/mol. The van der Waals surface area contributed by atoms with E-state index in [-0.39, 0.29) is 0 Å². The molecule has 0 aliphatic rings. The molecule has 5 aromatic heterocycles. The summed E-state index contributed by atoms with van der Waals surface area (Å²) in [4.78, 5) is 0. The van der Waals surface area contributed by atoms with Crippen LogP contribution in [0.2, 0.25) is 0 Å². The van der Waals surface area contributed by atoms with Gasteiger partial charge in [0.1, 0.15) is 55.8 Å². The van der Waals surface area contributed by atoms with Gasteiger partial charge in [-0.15, -0.1) is 0 Å². The normalized spacial score (nSPS) is 11.2. The van der Waals surface area contributed by atoms with Gasteiger partial charge in [0.05, 0.1) is 0 Å². The van der Waals surface area contributed by atoms with Gasteiger partial charge in [-0.3, -0.25) is 0 Å². The van der Waals surface area contributed by atoms with Crippen molar-refractivity contribution < 1.29 is 22.1 Å². The molecule has 25 aromatic rings. The lowest BCUT2D eigenvalue weighted by molar-refractivity contribution is 0.668. The Balaban J connectivity index is 0.0000000956. The highest BCUT2D eigenvalue weighted by molar-refractivity contribution is 6.20. The lowest BCUT2D eigenvalue weighted by Gasteiger charge is -2.12. The summed E-state index contributed by atoms with van der Waals surface area (Å²) in [5, 5.41) is 11.7. The van der Waals surface area contributed by atoms with Crippen LogP contribution in [0.25, 0.3) is 221 Å². The minimum atomic E-state index is 0.929. The first-order chi connectivity index (χ1) is 62.0. The maximum Gasteiger partial charge on any atom is 0.143 e. The summed E-state index contributed by atoms with van der Waals surface area (Å²) < 4.78 is 30.9. The van der Waals surface area contributed by atoms with Crippen molar-refractivity contribution in [2.24, 2.45) is 0 Å². The van der Waals surface area contributed by atoms with Crippen molar-refractivity contribution in [3.63, 3.8) is 0 Å². The van der Waals surface area contributed by atoms with Gasteiger partial charge in [-0.05, 0) is 179 Å². The molecule has 0 fully saturated rings. The number of furan rings is 5. The topological polar surface area (TPSA) is 65.7 Å². The molecule has 0 amide bonds. The molecule has 0 saturated heterocycles. The second kappa shape index (κ2) is 34.3. The number of benzene rings is 20. The van der Waals surface area contributed by atoms with Gasteiger partial charge >= 0.3 is 0 Å². The van der Waals surface area contributed by atoms with E-state index in [2.05, 4.69) is 406 Å². The van der Waals surface area contributed by atoms with Crippen LogP contribution in [0, 0.1) is 0 Å². The first-order valence-electron chi connectivity index (χ1n) is 42.3. The molecule has 5 nitrogen and oxygen atoms in total. The second-order valence-corrected chi connectivity index (χ2v) is 31.1. The molecule has 0 bridgehead atoms. The van der Waals surface area contributed by atoms with Gasteiger partial charge in [-0.2, -0.15) is 0 Å². The zero-order valence-electron chi connectivity index (χ0n) is 68.2. The molecule has 0 saturated carbocycles. The quantitative estimate of drug-likeness (QED) is 0.137. The van der Waals surface area contributed by atoms with Gasteiger partial charge < -0.3 is 22.1 Å². The van der Waals surface area contributed by atoms with Gasteiger partial charge in [0.15, 0.2) is 0 Å². The molecule has 0 aliphatic carbocycles. The van der Waals surface area contributed by atoms with Crippen LogP contribution in [0.4, 0.5) is 0 Å². The van der Waals surface area contributed by atoms with Crippen LogP contribution in [0.3, 0.4) is 0 Å². The van der Waals surface area contributed by atoms with E-state index in [1.165, 1.54) is 127 Å². The first kappa shape index (κ1) is 75.8. The van der Waals surface area contributed by atoms with Crippen molar-refractivity contribution in [1.82, 2.24) is 0 Å². The monoisotopic (exact) mass is 1600 g/mol. The van der Waals surface area contributed by atoms with Crippen LogP contribution in [-0.4, -0.2) is 0 Å². The van der Waals surface area contributed by atoms with Crippen LogP contribution in [0.5, 0.6) is 0 Å². The summed E-state index contributed by atoms with van der Waals surface area (Å²) >= 11 is 0. The molecule has 0 aliphatic heterocycles. The fourth-order valence-corrected chi connectivity index (χ4v) is 17.6. The summed E-state index contributed by atoms with van der Waals surface area (Å²) in [6.45, 7) is 0. The van der Waals surface area contributed by atoms with Crippen LogP contribution < -0.4 is 0 Å². The van der Waals surface area contributed by atoms with E-state index in [0.717, 1.165) is 93.7 Å². The average molecular weight is 1600 g/mol. The van der Waals surface area contributed by atoms with Crippen molar-refractivity contribution in [1.29, 1.82) is 0 Å². The molecule has 0 radical (unpaired) electrons. The molecule has 0 atom stereocenters. The molecule has 25 rings (SSSR count). The molecule has 5 heteroatoms. The van der Waals surface area contributed by atoms with Crippen LogP contribution in [0.1, 0.15) is 0 Å². The Hall–Kier alpha value is -16.6.